The molecule has 15 heavy (non-hydrogen) atoms. The first-order chi connectivity index (χ1) is 7.31. The maximum absolute atomic E-state index is 4.51. The Balaban J connectivity index is 2.02. The first-order valence-electron chi connectivity index (χ1n) is 6.39. The zero-order valence-electron chi connectivity index (χ0n) is 9.84. The summed E-state index contributed by atoms with van der Waals surface area (Å²) in [7, 11) is 0. The van der Waals surface area contributed by atoms with Gasteiger partial charge in [0.15, 0.2) is 0 Å². The van der Waals surface area contributed by atoms with Gasteiger partial charge in [-0.2, -0.15) is 0 Å². The monoisotopic (exact) mass is 204 g/mol. The van der Waals surface area contributed by atoms with E-state index in [0.717, 1.165) is 0 Å². The summed E-state index contributed by atoms with van der Waals surface area (Å²) in [4.78, 5) is 0. The normalized spacial score (nSPS) is 26.1. The van der Waals surface area contributed by atoms with E-state index in [2.05, 4.69) is 24.4 Å². The van der Waals surface area contributed by atoms with Gasteiger partial charge in [0.1, 0.15) is 0 Å². The molecule has 1 radical (unpaired) electrons. The molecule has 0 atom stereocenters. The number of nitrogens with zero attached hydrogens (tertiary/aromatic N) is 1. The minimum absolute atomic E-state index is 0.355. The largest absolute Gasteiger partial charge is 0.261 e. The van der Waals surface area contributed by atoms with Gasteiger partial charge in [0.05, 0.1) is 0 Å². The van der Waals surface area contributed by atoms with Crippen LogP contribution in [0.2, 0.25) is 0 Å². The van der Waals surface area contributed by atoms with E-state index < -0.39 is 0 Å². The van der Waals surface area contributed by atoms with E-state index in [1.54, 1.807) is 0 Å². The molecular formula is C14H22N. The van der Waals surface area contributed by atoms with Crippen LogP contribution in [0, 0.1) is 5.41 Å². The van der Waals surface area contributed by atoms with Gasteiger partial charge in [0.25, 0.3) is 0 Å². The molecule has 0 spiro atoms. The van der Waals surface area contributed by atoms with Crippen molar-refractivity contribution in [3.63, 3.8) is 0 Å². The third-order valence-corrected chi connectivity index (χ3v) is 3.88. The maximum atomic E-state index is 4.51. The molecule has 1 fully saturated rings. The minimum atomic E-state index is 0.355. The van der Waals surface area contributed by atoms with E-state index >= 15 is 0 Å². The maximum Gasteiger partial charge on any atom is 0.0463 e. The van der Waals surface area contributed by atoms with Crippen molar-refractivity contribution in [2.45, 2.75) is 58.3 Å². The van der Waals surface area contributed by atoms with Crippen LogP contribution in [-0.2, 0) is 0 Å². The van der Waals surface area contributed by atoms with Crippen molar-refractivity contribution in [3.05, 3.63) is 24.0 Å². The molecule has 1 saturated carbocycles. The van der Waals surface area contributed by atoms with Crippen LogP contribution in [0.25, 0.3) is 0 Å². The van der Waals surface area contributed by atoms with Gasteiger partial charge >= 0.3 is 0 Å². The van der Waals surface area contributed by atoms with E-state index in [-0.39, 0.29) is 0 Å². The van der Waals surface area contributed by atoms with Gasteiger partial charge in [-0.05, 0) is 25.0 Å². The average molecular weight is 204 g/mol. The summed E-state index contributed by atoms with van der Waals surface area (Å²) in [5, 5.41) is 4.51. The first kappa shape index (κ1) is 10.8. The van der Waals surface area contributed by atoms with Crippen molar-refractivity contribution in [1.29, 1.82) is 0 Å². The number of rotatable bonds is 1. The predicted octanol–water partition coefficient (Wildman–Crippen LogP) is 4.14. The van der Waals surface area contributed by atoms with Gasteiger partial charge in [0.2, 0.25) is 0 Å². The van der Waals surface area contributed by atoms with Gasteiger partial charge in [-0.15, -0.1) is 0 Å². The van der Waals surface area contributed by atoms with E-state index in [1.807, 2.05) is 6.20 Å². The third kappa shape index (κ3) is 2.64. The molecule has 1 aliphatic carbocycles. The van der Waals surface area contributed by atoms with Gasteiger partial charge in [-0.1, -0.05) is 45.4 Å². The molecule has 1 heteroatoms. The molecule has 0 bridgehead atoms. The van der Waals surface area contributed by atoms with Gasteiger partial charge in [0, 0.05) is 17.3 Å². The molecule has 83 valence electrons. The van der Waals surface area contributed by atoms with Crippen LogP contribution in [0.5, 0.6) is 0 Å². The van der Waals surface area contributed by atoms with E-state index in [9.17, 15) is 0 Å². The molecule has 2 rings (SSSR count). The van der Waals surface area contributed by atoms with Crippen LogP contribution < -0.4 is 5.32 Å². The zero-order chi connectivity index (χ0) is 10.6. The number of hydrogen-bond donors (Lipinski definition) is 0. The Bertz CT molecular complexity index is 253. The second-order valence-electron chi connectivity index (χ2n) is 5.20. The molecule has 1 aliphatic heterocycles. The summed E-state index contributed by atoms with van der Waals surface area (Å²) in [6.45, 7) is 2.40. The van der Waals surface area contributed by atoms with E-state index in [4.69, 9.17) is 0 Å². The van der Waals surface area contributed by atoms with Crippen LogP contribution in [0.4, 0.5) is 0 Å². The van der Waals surface area contributed by atoms with E-state index in [1.165, 1.54) is 57.1 Å². The Morgan fingerprint density at radius 2 is 1.60 bits per heavy atom. The standard InChI is InChI=1S/C14H22N/c1-14(13-9-8-12-15-13)10-6-4-2-3-5-7-11-14/h8-9,12H,2-7,10-11H2,1H3. The lowest BCUT2D eigenvalue weighted by Crippen LogP contribution is -2.22. The lowest BCUT2D eigenvalue weighted by molar-refractivity contribution is 0.308. The fourth-order valence-corrected chi connectivity index (χ4v) is 2.78. The number of allylic oxidation sites excluding steroid dienone is 3. The number of hydrogen-bond acceptors (Lipinski definition) is 0. The fourth-order valence-electron chi connectivity index (χ4n) is 2.78. The molecule has 0 amide bonds. The van der Waals surface area contributed by atoms with Crippen molar-refractivity contribution in [2.24, 2.45) is 5.41 Å². The summed E-state index contributed by atoms with van der Waals surface area (Å²) in [5.41, 5.74) is 1.68. The van der Waals surface area contributed by atoms with E-state index in [0.29, 0.717) is 5.41 Å². The Labute approximate surface area is 93.6 Å². The van der Waals surface area contributed by atoms with Crippen molar-refractivity contribution in [2.75, 3.05) is 0 Å². The van der Waals surface area contributed by atoms with Crippen molar-refractivity contribution in [3.8, 4) is 0 Å². The van der Waals surface area contributed by atoms with Gasteiger partial charge < -0.3 is 0 Å². The third-order valence-electron chi connectivity index (χ3n) is 3.88. The van der Waals surface area contributed by atoms with Crippen LogP contribution >= 0.6 is 0 Å². The quantitative estimate of drug-likeness (QED) is 0.609. The lowest BCUT2D eigenvalue weighted by atomic mass is 9.77. The molecule has 0 aromatic heterocycles. The Morgan fingerprint density at radius 1 is 1.00 bits per heavy atom. The Hall–Kier alpha value is -0.720. The molecule has 1 heterocycles. The second-order valence-corrected chi connectivity index (χ2v) is 5.20. The van der Waals surface area contributed by atoms with Crippen molar-refractivity contribution in [1.82, 2.24) is 5.32 Å². The topological polar surface area (TPSA) is 14.1 Å². The molecule has 1 nitrogen and oxygen atoms in total. The minimum Gasteiger partial charge on any atom is -0.261 e. The fraction of sp³-hybridized carbons (Fsp3) is 0.714. The van der Waals surface area contributed by atoms with Crippen LogP contribution in [-0.4, -0.2) is 0 Å². The van der Waals surface area contributed by atoms with Crippen LogP contribution in [0.1, 0.15) is 58.3 Å². The Kier molecular flexibility index (Phi) is 3.50. The summed E-state index contributed by atoms with van der Waals surface area (Å²) in [6, 6.07) is 0. The average Bonchev–Trinajstić information content (AvgIpc) is 2.75. The van der Waals surface area contributed by atoms with Gasteiger partial charge in [-0.25, -0.2) is 0 Å². The highest BCUT2D eigenvalue weighted by atomic mass is 14.9. The smallest absolute Gasteiger partial charge is 0.0463 e. The molecule has 0 aromatic rings. The highest BCUT2D eigenvalue weighted by Crippen LogP contribution is 2.39. The summed E-state index contributed by atoms with van der Waals surface area (Å²) < 4.78 is 0. The summed E-state index contributed by atoms with van der Waals surface area (Å²) in [6.07, 6.45) is 17.3. The van der Waals surface area contributed by atoms with Crippen LogP contribution in [0.3, 0.4) is 0 Å². The van der Waals surface area contributed by atoms with Crippen molar-refractivity contribution >= 4 is 0 Å². The summed E-state index contributed by atoms with van der Waals surface area (Å²) >= 11 is 0. The molecule has 0 saturated heterocycles. The Morgan fingerprint density at radius 3 is 2.13 bits per heavy atom. The second kappa shape index (κ2) is 4.87. The lowest BCUT2D eigenvalue weighted by Gasteiger charge is -2.30. The molecule has 0 aromatic carbocycles. The first-order valence-corrected chi connectivity index (χ1v) is 6.39. The SMILES string of the molecule is CC1(C2=CC=C[N]2)CCCCCCCC1. The molecular weight excluding hydrogens is 182 g/mol. The molecule has 0 N–H and O–H groups in total. The zero-order valence-corrected chi connectivity index (χ0v) is 9.84. The van der Waals surface area contributed by atoms with Crippen LogP contribution in [0.15, 0.2) is 24.0 Å². The highest BCUT2D eigenvalue weighted by molar-refractivity contribution is 5.25. The van der Waals surface area contributed by atoms with Gasteiger partial charge in [-0.3, -0.25) is 5.32 Å². The predicted molar refractivity (Wildman–Crippen MR) is 64.4 cm³/mol. The highest BCUT2D eigenvalue weighted by Gasteiger charge is 2.29. The molecule has 0 unspecified atom stereocenters. The summed E-state index contributed by atoms with van der Waals surface area (Å²) in [5.74, 6) is 0. The van der Waals surface area contributed by atoms with Crippen molar-refractivity contribution < 1.29 is 0 Å². The molecule has 2 aliphatic rings.